The highest BCUT2D eigenvalue weighted by atomic mass is 16.4. The van der Waals surface area contributed by atoms with E-state index in [4.69, 9.17) is 5.11 Å². The van der Waals surface area contributed by atoms with Crippen LogP contribution in [0, 0.1) is 5.92 Å². The van der Waals surface area contributed by atoms with Crippen molar-refractivity contribution in [2.75, 3.05) is 0 Å². The lowest BCUT2D eigenvalue weighted by molar-refractivity contribution is -0.137. The van der Waals surface area contributed by atoms with Crippen molar-refractivity contribution in [2.24, 2.45) is 5.92 Å². The largest absolute Gasteiger partial charge is 0.481 e. The van der Waals surface area contributed by atoms with Gasteiger partial charge in [-0.3, -0.25) is 9.59 Å². The van der Waals surface area contributed by atoms with Gasteiger partial charge in [0.25, 0.3) is 0 Å². The number of carbonyl (C=O) groups excluding carboxylic acids is 1. The first kappa shape index (κ1) is 13.1. The van der Waals surface area contributed by atoms with Gasteiger partial charge < -0.3 is 15.1 Å². The van der Waals surface area contributed by atoms with E-state index in [1.165, 1.54) is 0 Å². The van der Waals surface area contributed by atoms with E-state index in [9.17, 15) is 14.4 Å². The van der Waals surface area contributed by atoms with Crippen LogP contribution in [0.2, 0.25) is 0 Å². The van der Waals surface area contributed by atoms with E-state index in [0.29, 0.717) is 16.6 Å². The molecule has 0 spiro atoms. The van der Waals surface area contributed by atoms with Gasteiger partial charge in [-0.15, -0.1) is 0 Å². The van der Waals surface area contributed by atoms with Gasteiger partial charge in [-0.2, -0.15) is 0 Å². The zero-order valence-electron chi connectivity index (χ0n) is 10.4. The average molecular weight is 262 g/mol. The average Bonchev–Trinajstić information content (AvgIpc) is 2.66. The second kappa shape index (κ2) is 5.09. The number of Topliss-reactive ketones (excluding diaryl/α,β-unsaturated/α-hetero) is 1. The second-order valence-corrected chi connectivity index (χ2v) is 4.67. The van der Waals surface area contributed by atoms with Crippen molar-refractivity contribution >= 4 is 22.8 Å². The van der Waals surface area contributed by atoms with E-state index in [-0.39, 0.29) is 30.2 Å². The normalized spacial score (nSPS) is 12.5. The van der Waals surface area contributed by atoms with E-state index < -0.39 is 5.97 Å². The third kappa shape index (κ3) is 3.09. The van der Waals surface area contributed by atoms with Crippen molar-refractivity contribution in [2.45, 2.75) is 19.8 Å². The van der Waals surface area contributed by atoms with Crippen molar-refractivity contribution in [3.63, 3.8) is 0 Å². The molecule has 2 rings (SSSR count). The molecular weight excluding hydrogens is 248 g/mol. The molecular formula is C13H14N2O4. The van der Waals surface area contributed by atoms with Gasteiger partial charge in [-0.1, -0.05) is 6.92 Å². The Labute approximate surface area is 108 Å². The highest BCUT2D eigenvalue weighted by molar-refractivity contribution is 5.99. The van der Waals surface area contributed by atoms with Gasteiger partial charge in [0.05, 0.1) is 11.0 Å². The molecule has 1 aromatic carbocycles. The smallest absolute Gasteiger partial charge is 0.323 e. The SMILES string of the molecule is CC(CC(=O)O)CC(=O)c1ccc2[nH]c(=O)[nH]c2c1. The monoisotopic (exact) mass is 262 g/mol. The molecule has 1 unspecified atom stereocenters. The number of H-pyrrole nitrogens is 2. The predicted octanol–water partition coefficient (Wildman–Crippen LogP) is 1.54. The molecule has 0 amide bonds. The molecule has 0 aliphatic rings. The molecule has 2 aromatic rings. The lowest BCUT2D eigenvalue weighted by Crippen LogP contribution is -2.10. The molecule has 1 aromatic heterocycles. The molecule has 0 saturated carbocycles. The summed E-state index contributed by atoms with van der Waals surface area (Å²) in [7, 11) is 0. The number of rotatable bonds is 5. The van der Waals surface area contributed by atoms with Gasteiger partial charge in [0, 0.05) is 18.4 Å². The molecule has 0 bridgehead atoms. The summed E-state index contributed by atoms with van der Waals surface area (Å²) in [6, 6.07) is 4.88. The minimum atomic E-state index is -0.911. The molecule has 1 heterocycles. The van der Waals surface area contributed by atoms with Gasteiger partial charge >= 0.3 is 11.7 Å². The van der Waals surface area contributed by atoms with Crippen LogP contribution in [-0.2, 0) is 4.79 Å². The summed E-state index contributed by atoms with van der Waals surface area (Å²) in [5.41, 5.74) is 1.36. The minimum Gasteiger partial charge on any atom is -0.481 e. The summed E-state index contributed by atoms with van der Waals surface area (Å²) in [6.45, 7) is 1.72. The van der Waals surface area contributed by atoms with Crippen molar-refractivity contribution in [3.8, 4) is 0 Å². The Hall–Kier alpha value is -2.37. The highest BCUT2D eigenvalue weighted by Gasteiger charge is 2.14. The van der Waals surface area contributed by atoms with Crippen molar-refractivity contribution < 1.29 is 14.7 Å². The first-order valence-corrected chi connectivity index (χ1v) is 5.92. The number of benzene rings is 1. The number of hydrogen-bond acceptors (Lipinski definition) is 3. The Morgan fingerprint density at radius 1 is 1.21 bits per heavy atom. The molecule has 100 valence electrons. The van der Waals surface area contributed by atoms with Gasteiger partial charge in [0.1, 0.15) is 0 Å². The quantitative estimate of drug-likeness (QED) is 0.711. The van der Waals surface area contributed by atoms with Crippen molar-refractivity contribution in [3.05, 3.63) is 34.2 Å². The van der Waals surface area contributed by atoms with E-state index in [1.54, 1.807) is 25.1 Å². The number of aliphatic carboxylic acids is 1. The maximum Gasteiger partial charge on any atom is 0.323 e. The van der Waals surface area contributed by atoms with Crippen LogP contribution in [0.1, 0.15) is 30.1 Å². The van der Waals surface area contributed by atoms with Crippen LogP contribution >= 0.6 is 0 Å². The molecule has 0 aliphatic carbocycles. The Morgan fingerprint density at radius 3 is 2.58 bits per heavy atom. The third-order valence-corrected chi connectivity index (χ3v) is 2.89. The second-order valence-electron chi connectivity index (χ2n) is 4.67. The molecule has 0 aliphatic heterocycles. The molecule has 0 saturated heterocycles. The van der Waals surface area contributed by atoms with Gasteiger partial charge in [-0.25, -0.2) is 4.79 Å². The Kier molecular flexibility index (Phi) is 3.50. The minimum absolute atomic E-state index is 0.0328. The van der Waals surface area contributed by atoms with Crippen molar-refractivity contribution in [1.29, 1.82) is 0 Å². The molecule has 6 nitrogen and oxygen atoms in total. The number of fused-ring (bicyclic) bond motifs is 1. The van der Waals surface area contributed by atoms with Gasteiger partial charge in [0.15, 0.2) is 5.78 Å². The van der Waals surface area contributed by atoms with Crippen molar-refractivity contribution in [1.82, 2.24) is 9.97 Å². The maximum atomic E-state index is 12.0. The zero-order chi connectivity index (χ0) is 14.0. The van der Waals surface area contributed by atoms with E-state index in [1.807, 2.05) is 0 Å². The molecule has 19 heavy (non-hydrogen) atoms. The first-order valence-electron chi connectivity index (χ1n) is 5.92. The number of ketones is 1. The van der Waals surface area contributed by atoms with Crippen LogP contribution in [0.15, 0.2) is 23.0 Å². The third-order valence-electron chi connectivity index (χ3n) is 2.89. The molecule has 6 heteroatoms. The van der Waals surface area contributed by atoms with E-state index >= 15 is 0 Å². The van der Waals surface area contributed by atoms with E-state index in [2.05, 4.69) is 9.97 Å². The fourth-order valence-electron chi connectivity index (χ4n) is 2.01. The number of imidazole rings is 1. The molecule has 1 atom stereocenters. The Morgan fingerprint density at radius 2 is 1.89 bits per heavy atom. The number of carboxylic acids is 1. The molecule has 0 radical (unpaired) electrons. The number of hydrogen-bond donors (Lipinski definition) is 3. The first-order chi connectivity index (χ1) is 8.95. The number of nitrogens with one attached hydrogen (secondary N) is 2. The Bertz CT molecular complexity index is 683. The summed E-state index contributed by atoms with van der Waals surface area (Å²) in [6.07, 6.45) is 0.140. The van der Waals surface area contributed by atoms with Crippen LogP contribution in [0.4, 0.5) is 0 Å². The van der Waals surface area contributed by atoms with E-state index in [0.717, 1.165) is 0 Å². The number of aromatic nitrogens is 2. The molecule has 3 N–H and O–H groups in total. The van der Waals surface area contributed by atoms with Gasteiger partial charge in [0.2, 0.25) is 0 Å². The van der Waals surface area contributed by atoms with Crippen LogP contribution in [0.25, 0.3) is 11.0 Å². The standard InChI is InChI=1S/C13H14N2O4/c1-7(5-12(17)18)4-11(16)8-2-3-9-10(6-8)15-13(19)14-9/h2-3,6-7H,4-5H2,1H3,(H,17,18)(H2,14,15,19). The number of carbonyl (C=O) groups is 2. The van der Waals surface area contributed by atoms with Crippen LogP contribution in [0.3, 0.4) is 0 Å². The molecule has 0 fully saturated rings. The summed E-state index contributed by atoms with van der Waals surface area (Å²) < 4.78 is 0. The zero-order valence-corrected chi connectivity index (χ0v) is 10.4. The topological polar surface area (TPSA) is 103 Å². The fourth-order valence-corrected chi connectivity index (χ4v) is 2.01. The van der Waals surface area contributed by atoms with Gasteiger partial charge in [-0.05, 0) is 24.1 Å². The highest BCUT2D eigenvalue weighted by Crippen LogP contribution is 2.16. The summed E-state index contributed by atoms with van der Waals surface area (Å²) in [5, 5.41) is 8.66. The summed E-state index contributed by atoms with van der Waals surface area (Å²) in [4.78, 5) is 38.8. The fraction of sp³-hybridized carbons (Fsp3) is 0.308. The maximum absolute atomic E-state index is 12.0. The lowest BCUT2D eigenvalue weighted by atomic mass is 9.97. The lowest BCUT2D eigenvalue weighted by Gasteiger charge is -2.07. The van der Waals surface area contributed by atoms with Crippen LogP contribution < -0.4 is 5.69 Å². The number of aromatic amines is 2. The van der Waals surface area contributed by atoms with Crippen LogP contribution in [-0.4, -0.2) is 26.8 Å². The predicted molar refractivity (Wildman–Crippen MR) is 69.3 cm³/mol. The Balaban J connectivity index is 2.16. The summed E-state index contributed by atoms with van der Waals surface area (Å²) in [5.74, 6) is -1.26. The number of carboxylic acid groups (broad SMARTS) is 1. The van der Waals surface area contributed by atoms with Crippen LogP contribution in [0.5, 0.6) is 0 Å². The summed E-state index contributed by atoms with van der Waals surface area (Å²) >= 11 is 0.